The van der Waals surface area contributed by atoms with E-state index in [1.165, 1.54) is 25.3 Å². The van der Waals surface area contributed by atoms with Gasteiger partial charge in [0.15, 0.2) is 9.84 Å². The fourth-order valence-electron chi connectivity index (χ4n) is 2.14. The molecule has 0 atom stereocenters. The SMILES string of the molecule is COCCNc1ccc(S(C)(=O)=O)cc1NC(=O)c1cc(S(=O)(=O)F)c[nH]1.O=C(O)C(F)(F)F. The van der Waals surface area contributed by atoms with Crippen LogP contribution in [0.4, 0.5) is 28.4 Å². The van der Waals surface area contributed by atoms with Crippen LogP contribution in [-0.2, 0) is 29.6 Å². The lowest BCUT2D eigenvalue weighted by Gasteiger charge is -2.14. The van der Waals surface area contributed by atoms with Gasteiger partial charge in [-0.05, 0) is 24.3 Å². The number of alkyl halides is 3. The normalized spacial score (nSPS) is 11.8. The molecular formula is C17H19F4N3O8S2. The average Bonchev–Trinajstić information content (AvgIpc) is 3.19. The highest BCUT2D eigenvalue weighted by molar-refractivity contribution is 7.90. The van der Waals surface area contributed by atoms with Crippen molar-refractivity contribution in [3.05, 3.63) is 36.2 Å². The predicted octanol–water partition coefficient (Wildman–Crippen LogP) is 2.02. The minimum Gasteiger partial charge on any atom is -0.475 e. The number of benzene rings is 1. The van der Waals surface area contributed by atoms with Crippen LogP contribution in [0.25, 0.3) is 0 Å². The molecule has 0 aliphatic rings. The number of halogens is 4. The van der Waals surface area contributed by atoms with Crippen molar-refractivity contribution in [1.29, 1.82) is 0 Å². The van der Waals surface area contributed by atoms with Gasteiger partial charge in [-0.25, -0.2) is 13.2 Å². The average molecular weight is 533 g/mol. The van der Waals surface area contributed by atoms with Crippen molar-refractivity contribution in [3.63, 3.8) is 0 Å². The van der Waals surface area contributed by atoms with Gasteiger partial charge in [-0.3, -0.25) is 4.79 Å². The Morgan fingerprint density at radius 1 is 1.09 bits per heavy atom. The number of sulfone groups is 1. The van der Waals surface area contributed by atoms with Gasteiger partial charge in [0.2, 0.25) is 0 Å². The number of rotatable bonds is 8. The minimum absolute atomic E-state index is 0.0198. The van der Waals surface area contributed by atoms with E-state index in [1.807, 2.05) is 0 Å². The smallest absolute Gasteiger partial charge is 0.475 e. The number of aromatic nitrogens is 1. The monoisotopic (exact) mass is 533 g/mol. The number of carboxylic acid groups (broad SMARTS) is 1. The molecule has 0 spiro atoms. The van der Waals surface area contributed by atoms with Crippen molar-refractivity contribution >= 4 is 43.3 Å². The van der Waals surface area contributed by atoms with Crippen LogP contribution >= 0.6 is 0 Å². The van der Waals surface area contributed by atoms with E-state index in [2.05, 4.69) is 15.6 Å². The number of nitrogens with one attached hydrogen (secondary N) is 3. The number of ether oxygens (including phenoxy) is 1. The Bertz CT molecular complexity index is 1240. The van der Waals surface area contributed by atoms with Gasteiger partial charge >= 0.3 is 22.4 Å². The molecule has 0 saturated heterocycles. The Hall–Kier alpha value is -3.18. The zero-order valence-corrected chi connectivity index (χ0v) is 19.1. The molecule has 2 aromatic rings. The first-order valence-electron chi connectivity index (χ1n) is 8.78. The van der Waals surface area contributed by atoms with Gasteiger partial charge < -0.3 is 25.5 Å². The van der Waals surface area contributed by atoms with E-state index in [1.54, 1.807) is 0 Å². The largest absolute Gasteiger partial charge is 0.490 e. The molecule has 11 nitrogen and oxygen atoms in total. The molecule has 0 aliphatic carbocycles. The Balaban J connectivity index is 0.000000718. The standard InChI is InChI=1S/C15H18FN3O6S2.C2HF3O2/c1-25-6-5-17-12-4-3-10(26(2,21)22)7-13(12)19-15(20)14-8-11(9-18-14)27(16,23)24;3-2(4,5)1(6)7/h3-4,7-9,17-18H,5-6H2,1-2H3,(H,19,20);(H,6,7). The van der Waals surface area contributed by atoms with E-state index in [0.29, 0.717) is 18.8 Å². The van der Waals surface area contributed by atoms with Gasteiger partial charge in [-0.15, -0.1) is 3.89 Å². The Morgan fingerprint density at radius 2 is 1.68 bits per heavy atom. The molecule has 1 aromatic heterocycles. The third kappa shape index (κ3) is 8.99. The van der Waals surface area contributed by atoms with Gasteiger partial charge in [0.25, 0.3) is 5.91 Å². The van der Waals surface area contributed by atoms with Gasteiger partial charge in [0, 0.05) is 26.1 Å². The number of carboxylic acids is 1. The van der Waals surface area contributed by atoms with Crippen LogP contribution in [0.3, 0.4) is 0 Å². The van der Waals surface area contributed by atoms with E-state index >= 15 is 0 Å². The fraction of sp³-hybridized carbons (Fsp3) is 0.294. The summed E-state index contributed by atoms with van der Waals surface area (Å²) in [6.07, 6.45) is -3.22. The highest BCUT2D eigenvalue weighted by Crippen LogP contribution is 2.26. The molecule has 1 aromatic carbocycles. The Labute approximate surface area is 191 Å². The molecule has 0 saturated carbocycles. The lowest BCUT2D eigenvalue weighted by Crippen LogP contribution is -2.21. The summed E-state index contributed by atoms with van der Waals surface area (Å²) in [5.41, 5.74) is 0.370. The Morgan fingerprint density at radius 3 is 2.12 bits per heavy atom. The fourth-order valence-corrected chi connectivity index (χ4v) is 3.24. The third-order valence-electron chi connectivity index (χ3n) is 3.71. The maximum absolute atomic E-state index is 13.0. The topological polar surface area (TPSA) is 172 Å². The summed E-state index contributed by atoms with van der Waals surface area (Å²) in [5.74, 6) is -3.53. The number of anilines is 2. The van der Waals surface area contributed by atoms with Crippen LogP contribution in [0.15, 0.2) is 40.3 Å². The van der Waals surface area contributed by atoms with Crippen molar-refractivity contribution in [2.45, 2.75) is 16.0 Å². The second-order valence-electron chi connectivity index (χ2n) is 6.34. The van der Waals surface area contributed by atoms with Gasteiger partial charge in [-0.1, -0.05) is 0 Å². The van der Waals surface area contributed by atoms with E-state index in [0.717, 1.165) is 18.5 Å². The van der Waals surface area contributed by atoms with Crippen molar-refractivity contribution in [3.8, 4) is 0 Å². The first-order chi connectivity index (χ1) is 15.5. The van der Waals surface area contributed by atoms with Crippen molar-refractivity contribution in [2.24, 2.45) is 0 Å². The molecule has 0 unspecified atom stereocenters. The highest BCUT2D eigenvalue weighted by atomic mass is 32.3. The quantitative estimate of drug-likeness (QED) is 0.225. The van der Waals surface area contributed by atoms with Crippen molar-refractivity contribution in [2.75, 3.05) is 37.2 Å². The summed E-state index contributed by atoms with van der Waals surface area (Å²) < 4.78 is 94.9. The molecule has 0 fully saturated rings. The molecule has 17 heteroatoms. The summed E-state index contributed by atoms with van der Waals surface area (Å²) in [6, 6.07) is 4.96. The third-order valence-corrected chi connectivity index (χ3v) is 5.62. The molecule has 0 aliphatic heterocycles. The number of amides is 1. The lowest BCUT2D eigenvalue weighted by molar-refractivity contribution is -0.192. The molecule has 34 heavy (non-hydrogen) atoms. The van der Waals surface area contributed by atoms with Crippen LogP contribution < -0.4 is 10.6 Å². The number of H-pyrrole nitrogens is 1. The molecule has 4 N–H and O–H groups in total. The highest BCUT2D eigenvalue weighted by Gasteiger charge is 2.38. The molecule has 1 amide bonds. The summed E-state index contributed by atoms with van der Waals surface area (Å²) in [6.45, 7) is 0.764. The maximum Gasteiger partial charge on any atom is 0.490 e. The maximum atomic E-state index is 13.0. The number of hydrogen-bond donors (Lipinski definition) is 4. The van der Waals surface area contributed by atoms with Crippen molar-refractivity contribution in [1.82, 2.24) is 4.98 Å². The van der Waals surface area contributed by atoms with Crippen LogP contribution in [0.2, 0.25) is 0 Å². The molecule has 1 heterocycles. The minimum atomic E-state index is -5.08. The number of carbonyl (C=O) groups excluding carboxylic acids is 1. The van der Waals surface area contributed by atoms with Crippen LogP contribution in [-0.4, -0.2) is 71.5 Å². The number of methoxy groups -OCH3 is 1. The lowest BCUT2D eigenvalue weighted by atomic mass is 10.2. The predicted molar refractivity (Wildman–Crippen MR) is 111 cm³/mol. The molecular weight excluding hydrogens is 514 g/mol. The molecule has 2 rings (SSSR count). The van der Waals surface area contributed by atoms with E-state index in [-0.39, 0.29) is 16.3 Å². The molecule has 0 bridgehead atoms. The number of aliphatic carboxylic acids is 1. The summed E-state index contributed by atoms with van der Waals surface area (Å²) in [5, 5.41) is 12.6. The van der Waals surface area contributed by atoms with Gasteiger partial charge in [0.05, 0.1) is 22.9 Å². The molecule has 0 radical (unpaired) electrons. The molecule has 190 valence electrons. The number of hydrogen-bond acceptors (Lipinski definition) is 8. The second kappa shape index (κ2) is 11.3. The van der Waals surface area contributed by atoms with Gasteiger partial charge in [-0.2, -0.15) is 21.6 Å². The van der Waals surface area contributed by atoms with E-state index in [9.17, 15) is 38.7 Å². The first kappa shape index (κ1) is 28.9. The second-order valence-corrected chi connectivity index (χ2v) is 9.71. The van der Waals surface area contributed by atoms with Crippen LogP contribution in [0.5, 0.6) is 0 Å². The zero-order valence-electron chi connectivity index (χ0n) is 17.4. The van der Waals surface area contributed by atoms with E-state index < -0.39 is 43.0 Å². The zero-order chi connectivity index (χ0) is 26.3. The number of aromatic amines is 1. The Kier molecular flexibility index (Phi) is 9.59. The van der Waals surface area contributed by atoms with E-state index in [4.69, 9.17) is 14.6 Å². The summed E-state index contributed by atoms with van der Waals surface area (Å²) >= 11 is 0. The van der Waals surface area contributed by atoms with Crippen molar-refractivity contribution < 1.29 is 53.3 Å². The first-order valence-corrected chi connectivity index (χ1v) is 12.1. The summed E-state index contributed by atoms with van der Waals surface area (Å²) in [4.78, 5) is 22.9. The van der Waals surface area contributed by atoms with Crippen LogP contribution in [0.1, 0.15) is 10.5 Å². The number of carbonyl (C=O) groups is 2. The van der Waals surface area contributed by atoms with Gasteiger partial charge in [0.1, 0.15) is 10.6 Å². The van der Waals surface area contributed by atoms with Crippen LogP contribution in [0, 0.1) is 0 Å². The summed E-state index contributed by atoms with van der Waals surface area (Å²) in [7, 11) is -6.96.